The molecule has 0 bridgehead atoms. The molecule has 1 aromatic rings. The molecule has 0 saturated heterocycles. The van der Waals surface area contributed by atoms with E-state index in [-0.39, 0.29) is 12.0 Å². The standard InChI is InChI=1S/C12H16F2O2/c1-8(15)7-9-10(12(2,13)14)5-4-6-11(9)16-3/h4-6,8,15H,7H2,1-3H3. The molecular formula is C12H16F2O2. The number of alkyl halides is 2. The molecule has 0 amide bonds. The van der Waals surface area contributed by atoms with E-state index in [1.54, 1.807) is 13.0 Å². The molecule has 0 saturated carbocycles. The highest BCUT2D eigenvalue weighted by atomic mass is 19.3. The van der Waals surface area contributed by atoms with E-state index in [0.717, 1.165) is 6.92 Å². The maximum absolute atomic E-state index is 13.3. The van der Waals surface area contributed by atoms with Crippen LogP contribution in [0.3, 0.4) is 0 Å². The third-order valence-corrected chi connectivity index (χ3v) is 2.33. The summed E-state index contributed by atoms with van der Waals surface area (Å²) in [6.07, 6.45) is -0.527. The zero-order chi connectivity index (χ0) is 12.3. The Morgan fingerprint density at radius 2 is 2.06 bits per heavy atom. The van der Waals surface area contributed by atoms with E-state index in [1.165, 1.54) is 19.2 Å². The molecule has 0 aliphatic carbocycles. The molecule has 2 nitrogen and oxygen atoms in total. The van der Waals surface area contributed by atoms with E-state index in [0.29, 0.717) is 11.3 Å². The predicted molar refractivity (Wildman–Crippen MR) is 57.9 cm³/mol. The van der Waals surface area contributed by atoms with Crippen LogP contribution < -0.4 is 4.74 Å². The minimum atomic E-state index is -2.93. The van der Waals surface area contributed by atoms with Gasteiger partial charge in [-0.2, -0.15) is 0 Å². The third-order valence-electron chi connectivity index (χ3n) is 2.33. The van der Waals surface area contributed by atoms with Gasteiger partial charge in [0.15, 0.2) is 0 Å². The Hall–Kier alpha value is -1.16. The van der Waals surface area contributed by atoms with Crippen LogP contribution in [0.15, 0.2) is 18.2 Å². The number of halogens is 2. The molecule has 0 spiro atoms. The summed E-state index contributed by atoms with van der Waals surface area (Å²) in [6, 6.07) is 4.50. The number of rotatable bonds is 4. The molecule has 0 aliphatic heterocycles. The molecule has 1 N–H and O–H groups in total. The normalized spacial score (nSPS) is 13.6. The first-order chi connectivity index (χ1) is 7.36. The molecule has 0 heterocycles. The van der Waals surface area contributed by atoms with Gasteiger partial charge in [0.1, 0.15) is 5.75 Å². The Kier molecular flexibility index (Phi) is 3.86. The van der Waals surface area contributed by atoms with Gasteiger partial charge in [0.25, 0.3) is 5.92 Å². The number of aliphatic hydroxyl groups is 1. The quantitative estimate of drug-likeness (QED) is 0.861. The van der Waals surface area contributed by atoms with Crippen LogP contribution in [-0.4, -0.2) is 18.3 Å². The van der Waals surface area contributed by atoms with E-state index in [2.05, 4.69) is 0 Å². The van der Waals surface area contributed by atoms with Crippen molar-refractivity contribution in [2.45, 2.75) is 32.3 Å². The van der Waals surface area contributed by atoms with Crippen LogP contribution in [0.1, 0.15) is 25.0 Å². The van der Waals surface area contributed by atoms with Crippen molar-refractivity contribution in [1.82, 2.24) is 0 Å². The molecule has 1 rings (SSSR count). The number of hydrogen-bond acceptors (Lipinski definition) is 2. The third kappa shape index (κ3) is 2.92. The molecule has 0 fully saturated rings. The van der Waals surface area contributed by atoms with Gasteiger partial charge in [-0.3, -0.25) is 0 Å². The zero-order valence-corrected chi connectivity index (χ0v) is 9.63. The van der Waals surface area contributed by atoms with Crippen LogP contribution in [0.5, 0.6) is 5.75 Å². The van der Waals surface area contributed by atoms with Crippen molar-refractivity contribution < 1.29 is 18.6 Å². The number of aliphatic hydroxyl groups excluding tert-OH is 1. The van der Waals surface area contributed by atoms with E-state index in [4.69, 9.17) is 4.74 Å². The van der Waals surface area contributed by atoms with Crippen molar-refractivity contribution in [1.29, 1.82) is 0 Å². The van der Waals surface area contributed by atoms with Gasteiger partial charge < -0.3 is 9.84 Å². The Balaban J connectivity index is 3.26. The molecule has 4 heteroatoms. The largest absolute Gasteiger partial charge is 0.496 e. The summed E-state index contributed by atoms with van der Waals surface area (Å²) in [5.41, 5.74) is 0.278. The minimum absolute atomic E-state index is 0.0900. The first-order valence-corrected chi connectivity index (χ1v) is 5.08. The monoisotopic (exact) mass is 230 g/mol. The van der Waals surface area contributed by atoms with Crippen LogP contribution >= 0.6 is 0 Å². The molecule has 1 atom stereocenters. The average Bonchev–Trinajstić information content (AvgIpc) is 2.15. The maximum Gasteiger partial charge on any atom is 0.270 e. The second kappa shape index (κ2) is 4.78. The van der Waals surface area contributed by atoms with E-state index >= 15 is 0 Å². The minimum Gasteiger partial charge on any atom is -0.496 e. The molecular weight excluding hydrogens is 214 g/mol. The van der Waals surface area contributed by atoms with Gasteiger partial charge in [-0.05, 0) is 13.0 Å². The summed E-state index contributed by atoms with van der Waals surface area (Å²) in [5, 5.41) is 9.32. The lowest BCUT2D eigenvalue weighted by Crippen LogP contribution is -2.15. The van der Waals surface area contributed by atoms with E-state index in [1.807, 2.05) is 0 Å². The second-order valence-corrected chi connectivity index (χ2v) is 3.93. The summed E-state index contributed by atoms with van der Waals surface area (Å²) in [6.45, 7) is 2.40. The lowest BCUT2D eigenvalue weighted by atomic mass is 9.97. The molecule has 1 unspecified atom stereocenters. The Bertz CT molecular complexity index is 357. The summed E-state index contributed by atoms with van der Waals surface area (Å²) < 4.78 is 31.7. The fourth-order valence-electron chi connectivity index (χ4n) is 1.67. The summed E-state index contributed by atoms with van der Waals surface area (Å²) >= 11 is 0. The number of benzene rings is 1. The number of ether oxygens (including phenoxy) is 1. The first kappa shape index (κ1) is 12.9. The fourth-order valence-corrected chi connectivity index (χ4v) is 1.67. The van der Waals surface area contributed by atoms with Crippen LogP contribution in [-0.2, 0) is 12.3 Å². The van der Waals surface area contributed by atoms with E-state index in [9.17, 15) is 13.9 Å². The molecule has 90 valence electrons. The van der Waals surface area contributed by atoms with Crippen molar-refractivity contribution >= 4 is 0 Å². The van der Waals surface area contributed by atoms with Crippen molar-refractivity contribution in [2.75, 3.05) is 7.11 Å². The molecule has 0 aromatic heterocycles. The fraction of sp³-hybridized carbons (Fsp3) is 0.500. The number of hydrogen-bond donors (Lipinski definition) is 1. The van der Waals surface area contributed by atoms with Crippen LogP contribution in [0.4, 0.5) is 8.78 Å². The Morgan fingerprint density at radius 1 is 1.44 bits per heavy atom. The predicted octanol–water partition coefficient (Wildman–Crippen LogP) is 2.73. The topological polar surface area (TPSA) is 29.5 Å². The van der Waals surface area contributed by atoms with Gasteiger partial charge >= 0.3 is 0 Å². The van der Waals surface area contributed by atoms with Gasteiger partial charge in [-0.15, -0.1) is 0 Å². The average molecular weight is 230 g/mol. The number of methoxy groups -OCH3 is 1. The smallest absolute Gasteiger partial charge is 0.270 e. The highest BCUT2D eigenvalue weighted by Crippen LogP contribution is 2.35. The highest BCUT2D eigenvalue weighted by molar-refractivity contribution is 5.42. The zero-order valence-electron chi connectivity index (χ0n) is 9.63. The molecule has 0 aliphatic rings. The van der Waals surface area contributed by atoms with Gasteiger partial charge in [0.05, 0.1) is 13.2 Å². The van der Waals surface area contributed by atoms with Gasteiger partial charge in [-0.1, -0.05) is 12.1 Å². The second-order valence-electron chi connectivity index (χ2n) is 3.93. The van der Waals surface area contributed by atoms with E-state index < -0.39 is 12.0 Å². The van der Waals surface area contributed by atoms with Gasteiger partial charge in [0, 0.05) is 24.5 Å². The molecule has 1 aromatic carbocycles. The van der Waals surface area contributed by atoms with Crippen molar-refractivity contribution in [2.24, 2.45) is 0 Å². The molecule has 0 radical (unpaired) electrons. The van der Waals surface area contributed by atoms with Crippen molar-refractivity contribution in [3.8, 4) is 5.75 Å². The first-order valence-electron chi connectivity index (χ1n) is 5.08. The van der Waals surface area contributed by atoms with Crippen LogP contribution in [0, 0.1) is 0 Å². The highest BCUT2D eigenvalue weighted by Gasteiger charge is 2.29. The van der Waals surface area contributed by atoms with Crippen LogP contribution in [0.25, 0.3) is 0 Å². The summed E-state index contributed by atoms with van der Waals surface area (Å²) in [5.74, 6) is -2.54. The van der Waals surface area contributed by atoms with Crippen LogP contribution in [0.2, 0.25) is 0 Å². The Morgan fingerprint density at radius 3 is 2.50 bits per heavy atom. The van der Waals surface area contributed by atoms with Gasteiger partial charge in [-0.25, -0.2) is 8.78 Å². The van der Waals surface area contributed by atoms with Gasteiger partial charge in [0.2, 0.25) is 0 Å². The van der Waals surface area contributed by atoms with Crippen molar-refractivity contribution in [3.05, 3.63) is 29.3 Å². The van der Waals surface area contributed by atoms with Crippen molar-refractivity contribution in [3.63, 3.8) is 0 Å². The lowest BCUT2D eigenvalue weighted by Gasteiger charge is -2.19. The maximum atomic E-state index is 13.3. The Labute approximate surface area is 93.9 Å². The SMILES string of the molecule is COc1cccc(C(C)(F)F)c1CC(C)O. The summed E-state index contributed by atoms with van der Waals surface area (Å²) in [4.78, 5) is 0. The summed E-state index contributed by atoms with van der Waals surface area (Å²) in [7, 11) is 1.43. The molecule has 16 heavy (non-hydrogen) atoms. The lowest BCUT2D eigenvalue weighted by molar-refractivity contribution is 0.0158.